The van der Waals surface area contributed by atoms with Crippen LogP contribution in [0.15, 0.2) is 42.5 Å². The second-order valence-electron chi connectivity index (χ2n) is 3.96. The maximum absolute atomic E-state index is 5.29. The van der Waals surface area contributed by atoms with Gasteiger partial charge in [-0.3, -0.25) is 0 Å². The highest BCUT2D eigenvalue weighted by Gasteiger charge is 2.06. The highest BCUT2D eigenvalue weighted by Crippen LogP contribution is 2.31. The van der Waals surface area contributed by atoms with E-state index < -0.39 is 0 Å². The molecule has 2 aromatic carbocycles. The van der Waals surface area contributed by atoms with Gasteiger partial charge in [0.25, 0.3) is 0 Å². The predicted molar refractivity (Wildman–Crippen MR) is 85.1 cm³/mol. The summed E-state index contributed by atoms with van der Waals surface area (Å²) in [6.07, 6.45) is 0. The lowest BCUT2D eigenvalue weighted by atomic mass is 10.1. The summed E-state index contributed by atoms with van der Waals surface area (Å²) in [5.74, 6) is 4.38. The van der Waals surface area contributed by atoms with Crippen LogP contribution in [-0.4, -0.2) is 14.2 Å². The molecule has 20 heavy (non-hydrogen) atoms. The molecule has 0 aliphatic heterocycles. The molecule has 0 saturated carbocycles. The average Bonchev–Trinajstić information content (AvgIpc) is 2.49. The molecule has 0 aromatic heterocycles. The third-order valence-electron chi connectivity index (χ3n) is 2.77. The minimum Gasteiger partial charge on any atom is -0.493 e. The van der Waals surface area contributed by atoms with Crippen LogP contribution in [0.2, 0.25) is 0 Å². The van der Waals surface area contributed by atoms with E-state index in [-0.39, 0.29) is 0 Å². The van der Waals surface area contributed by atoms with Crippen molar-refractivity contribution in [3.05, 3.63) is 48.0 Å². The molecular weight excluding hydrogens is 318 g/mol. The molecule has 4 heteroatoms. The Balaban J connectivity index is 2.32. The Morgan fingerprint density at radius 2 is 1.75 bits per heavy atom. The molecule has 0 fully saturated rings. The van der Waals surface area contributed by atoms with Gasteiger partial charge in [-0.1, -0.05) is 18.1 Å². The summed E-state index contributed by atoms with van der Waals surface area (Å²) >= 11 is 3.12. The van der Waals surface area contributed by atoms with Crippen molar-refractivity contribution in [2.45, 2.75) is 0 Å². The van der Waals surface area contributed by atoms with Gasteiger partial charge in [0.1, 0.15) is 0 Å². The van der Waals surface area contributed by atoms with E-state index in [0.717, 1.165) is 16.9 Å². The summed E-state index contributed by atoms with van der Waals surface area (Å²) in [6, 6.07) is 13.5. The zero-order chi connectivity index (χ0) is 14.4. The van der Waals surface area contributed by atoms with E-state index in [4.69, 9.17) is 9.47 Å². The van der Waals surface area contributed by atoms with Crippen molar-refractivity contribution < 1.29 is 9.47 Å². The molecule has 102 valence electrons. The van der Waals surface area contributed by atoms with Gasteiger partial charge in [-0.25, -0.2) is 0 Å². The van der Waals surface area contributed by atoms with Crippen LogP contribution in [0.1, 0.15) is 5.56 Å². The van der Waals surface area contributed by atoms with E-state index in [9.17, 15) is 0 Å². The fourth-order valence-corrected chi connectivity index (χ4v) is 2.04. The number of benzene rings is 2. The molecule has 0 unspecified atom stereocenters. The predicted octanol–water partition coefficient (Wildman–Crippen LogP) is 4.15. The average molecular weight is 332 g/mol. The maximum atomic E-state index is 5.29. The third-order valence-corrected chi connectivity index (χ3v) is 2.97. The first-order valence-corrected chi connectivity index (χ1v) is 6.77. The van der Waals surface area contributed by atoms with E-state index in [0.29, 0.717) is 11.5 Å². The van der Waals surface area contributed by atoms with Crippen LogP contribution in [-0.2, 0) is 0 Å². The van der Waals surface area contributed by atoms with E-state index in [1.54, 1.807) is 14.2 Å². The Hall–Kier alpha value is -2.12. The van der Waals surface area contributed by atoms with E-state index in [2.05, 4.69) is 32.0 Å². The maximum Gasteiger partial charge on any atom is 0.162 e. The van der Waals surface area contributed by atoms with E-state index in [1.807, 2.05) is 42.5 Å². The largest absolute Gasteiger partial charge is 0.493 e. The Morgan fingerprint density at radius 3 is 2.45 bits per heavy atom. The normalized spacial score (nSPS) is 9.35. The Morgan fingerprint density at radius 1 is 1.00 bits per heavy atom. The molecule has 0 spiro atoms. The topological polar surface area (TPSA) is 30.5 Å². The van der Waals surface area contributed by atoms with Crippen LogP contribution < -0.4 is 14.8 Å². The first-order valence-electron chi connectivity index (χ1n) is 5.98. The number of hydrogen-bond acceptors (Lipinski definition) is 3. The second-order valence-corrected chi connectivity index (χ2v) is 4.36. The molecule has 2 aromatic rings. The fourth-order valence-electron chi connectivity index (χ4n) is 1.82. The van der Waals surface area contributed by atoms with Crippen LogP contribution in [0, 0.1) is 10.8 Å². The molecule has 3 nitrogen and oxygen atoms in total. The lowest BCUT2D eigenvalue weighted by Gasteiger charge is -2.12. The molecule has 1 N–H and O–H groups in total. The lowest BCUT2D eigenvalue weighted by molar-refractivity contribution is 0.355. The molecule has 0 radical (unpaired) electrons. The van der Waals surface area contributed by atoms with Crippen LogP contribution >= 0.6 is 15.9 Å². The molecule has 0 aliphatic rings. The molecule has 0 aliphatic carbocycles. The zero-order valence-electron chi connectivity index (χ0n) is 11.2. The molecule has 2 rings (SSSR count). The first-order chi connectivity index (χ1) is 9.78. The number of ether oxygens (including phenoxy) is 2. The minimum absolute atomic E-state index is 0.682. The lowest BCUT2D eigenvalue weighted by Crippen LogP contribution is -1.95. The molecule has 0 amide bonds. The molecule has 0 saturated heterocycles. The van der Waals surface area contributed by atoms with Gasteiger partial charge in [0, 0.05) is 33.2 Å². The Labute approximate surface area is 127 Å². The van der Waals surface area contributed by atoms with Crippen LogP contribution in [0.3, 0.4) is 0 Å². The quantitative estimate of drug-likeness (QED) is 0.853. The highest BCUT2D eigenvalue weighted by molar-refractivity contribution is 9.12. The van der Waals surface area contributed by atoms with Crippen molar-refractivity contribution in [1.29, 1.82) is 0 Å². The molecule has 0 atom stereocenters. The van der Waals surface area contributed by atoms with Gasteiger partial charge >= 0.3 is 0 Å². The summed E-state index contributed by atoms with van der Waals surface area (Å²) < 4.78 is 10.5. The fraction of sp³-hybridized carbons (Fsp3) is 0.125. The van der Waals surface area contributed by atoms with Gasteiger partial charge in [-0.2, -0.15) is 0 Å². The van der Waals surface area contributed by atoms with Gasteiger partial charge in [0.05, 0.1) is 19.9 Å². The van der Waals surface area contributed by atoms with Crippen LogP contribution in [0.5, 0.6) is 11.5 Å². The smallest absolute Gasteiger partial charge is 0.162 e. The van der Waals surface area contributed by atoms with Gasteiger partial charge in [-0.05, 0) is 29.1 Å². The number of nitrogens with one attached hydrogen (secondary N) is 1. The van der Waals surface area contributed by atoms with Crippen molar-refractivity contribution in [2.24, 2.45) is 0 Å². The summed E-state index contributed by atoms with van der Waals surface area (Å²) in [5.41, 5.74) is 2.76. The number of hydrogen-bond donors (Lipinski definition) is 1. The third kappa shape index (κ3) is 3.25. The SMILES string of the molecule is COc1ccc(Nc2ccccc2C#CBr)cc1OC. The molecule has 0 bridgehead atoms. The van der Waals surface area contributed by atoms with Crippen molar-refractivity contribution in [1.82, 2.24) is 0 Å². The minimum atomic E-state index is 0.682. The second kappa shape index (κ2) is 6.88. The van der Waals surface area contributed by atoms with Crippen LogP contribution in [0.4, 0.5) is 11.4 Å². The summed E-state index contributed by atoms with van der Waals surface area (Å²) in [5, 5.41) is 3.32. The van der Waals surface area contributed by atoms with Gasteiger partial charge < -0.3 is 14.8 Å². The first kappa shape index (κ1) is 14.3. The Bertz CT molecular complexity index is 659. The summed E-state index contributed by atoms with van der Waals surface area (Å²) in [6.45, 7) is 0. The van der Waals surface area contributed by atoms with Crippen molar-refractivity contribution >= 4 is 27.3 Å². The van der Waals surface area contributed by atoms with Gasteiger partial charge in [-0.15, -0.1) is 0 Å². The zero-order valence-corrected chi connectivity index (χ0v) is 12.8. The number of rotatable bonds is 4. The Kier molecular flexibility index (Phi) is 4.91. The van der Waals surface area contributed by atoms with Crippen molar-refractivity contribution in [3.63, 3.8) is 0 Å². The van der Waals surface area contributed by atoms with Crippen molar-refractivity contribution in [3.8, 4) is 22.2 Å². The highest BCUT2D eigenvalue weighted by atomic mass is 79.9. The van der Waals surface area contributed by atoms with Gasteiger partial charge in [0.2, 0.25) is 0 Å². The molecule has 0 heterocycles. The number of para-hydroxylation sites is 1. The van der Waals surface area contributed by atoms with E-state index in [1.165, 1.54) is 0 Å². The van der Waals surface area contributed by atoms with Crippen LogP contribution in [0.25, 0.3) is 0 Å². The number of anilines is 2. The standard InChI is InChI=1S/C16H14BrNO2/c1-19-15-8-7-13(11-16(15)20-2)18-14-6-4-3-5-12(14)9-10-17/h3-8,11,18H,1-2H3. The van der Waals surface area contributed by atoms with E-state index >= 15 is 0 Å². The molecular formula is C16H14BrNO2. The number of halogens is 1. The van der Waals surface area contributed by atoms with Gasteiger partial charge in [0.15, 0.2) is 11.5 Å². The number of methoxy groups -OCH3 is 2. The summed E-state index contributed by atoms with van der Waals surface area (Å²) in [7, 11) is 3.23. The van der Waals surface area contributed by atoms with Crippen molar-refractivity contribution in [2.75, 3.05) is 19.5 Å². The monoisotopic (exact) mass is 331 g/mol. The summed E-state index contributed by atoms with van der Waals surface area (Å²) in [4.78, 5) is 2.73.